The van der Waals surface area contributed by atoms with E-state index in [1.165, 1.54) is 42.3 Å². The van der Waals surface area contributed by atoms with E-state index < -0.39 is 0 Å². The molecule has 0 spiro atoms. The van der Waals surface area contributed by atoms with E-state index in [0.717, 1.165) is 5.25 Å². The predicted molar refractivity (Wildman–Crippen MR) is 81.9 cm³/mol. The van der Waals surface area contributed by atoms with Gasteiger partial charge in [0.15, 0.2) is 0 Å². The second-order valence-electron chi connectivity index (χ2n) is 3.51. The average molecular weight is 287 g/mol. The van der Waals surface area contributed by atoms with Crippen LogP contribution in [0.4, 0.5) is 0 Å². The molecule has 3 rings (SSSR count). The van der Waals surface area contributed by atoms with Crippen molar-refractivity contribution in [2.24, 2.45) is 0 Å². The number of hydrogen-bond acceptors (Lipinski definition) is 3. The quantitative estimate of drug-likeness (QED) is 0.578. The smallest absolute Gasteiger partial charge is 0.0796 e. The van der Waals surface area contributed by atoms with Crippen molar-refractivity contribution in [2.75, 3.05) is 23.0 Å². The summed E-state index contributed by atoms with van der Waals surface area (Å²) in [6.45, 7) is 2.27. The molecular formula is C11H23ClS3. The summed E-state index contributed by atoms with van der Waals surface area (Å²) in [6, 6.07) is 0. The summed E-state index contributed by atoms with van der Waals surface area (Å²) >= 11 is 11.4. The maximum absolute atomic E-state index is 5.51. The van der Waals surface area contributed by atoms with E-state index in [2.05, 4.69) is 18.7 Å². The topological polar surface area (TPSA) is 0 Å². The zero-order valence-corrected chi connectivity index (χ0v) is 11.9. The minimum absolute atomic E-state index is 0. The molecule has 0 amide bonds. The van der Waals surface area contributed by atoms with Crippen molar-refractivity contribution >= 4 is 46.9 Å². The van der Waals surface area contributed by atoms with Gasteiger partial charge in [-0.3, -0.25) is 0 Å². The summed E-state index contributed by atoms with van der Waals surface area (Å²) in [6.07, 6.45) is 4.13. The van der Waals surface area contributed by atoms with Gasteiger partial charge in [-0.2, -0.15) is 23.5 Å². The van der Waals surface area contributed by atoms with Crippen LogP contribution in [0.25, 0.3) is 0 Å². The van der Waals surface area contributed by atoms with Crippen LogP contribution in [0.2, 0.25) is 0 Å². The van der Waals surface area contributed by atoms with Crippen molar-refractivity contribution in [3.8, 4) is 0 Å². The highest BCUT2D eigenvalue weighted by atomic mass is 35.5. The fourth-order valence-corrected chi connectivity index (χ4v) is 2.65. The van der Waals surface area contributed by atoms with Gasteiger partial charge in [-0.05, 0) is 42.3 Å². The lowest BCUT2D eigenvalue weighted by Gasteiger charge is -2.18. The van der Waals surface area contributed by atoms with Crippen LogP contribution in [0.15, 0.2) is 0 Å². The summed E-state index contributed by atoms with van der Waals surface area (Å²) in [5.41, 5.74) is 0. The van der Waals surface area contributed by atoms with E-state index in [4.69, 9.17) is 11.6 Å². The molecule has 3 aliphatic heterocycles. The molecule has 3 fully saturated rings. The maximum atomic E-state index is 5.51. The normalized spacial score (nSPS) is 30.8. The molecule has 0 aliphatic carbocycles. The maximum Gasteiger partial charge on any atom is 0.0796 e. The van der Waals surface area contributed by atoms with E-state index in [1.54, 1.807) is 0 Å². The van der Waals surface area contributed by atoms with Crippen molar-refractivity contribution in [3.05, 3.63) is 0 Å². The molecule has 0 aromatic rings. The Hall–Kier alpha value is 1.34. The summed E-state index contributed by atoms with van der Waals surface area (Å²) < 4.78 is 0.454. The van der Waals surface area contributed by atoms with Gasteiger partial charge < -0.3 is 0 Å². The molecule has 3 saturated heterocycles. The van der Waals surface area contributed by atoms with Gasteiger partial charge in [0, 0.05) is 5.25 Å². The van der Waals surface area contributed by atoms with Crippen LogP contribution in [0.5, 0.6) is 0 Å². The van der Waals surface area contributed by atoms with Crippen LogP contribution in [0.1, 0.15) is 33.6 Å². The zero-order valence-electron chi connectivity index (χ0n) is 8.71. The molecule has 0 nitrogen and oxygen atoms in total. The van der Waals surface area contributed by atoms with E-state index in [1.807, 2.05) is 23.5 Å². The largest absolute Gasteiger partial charge is 0.162 e. The second-order valence-corrected chi connectivity index (χ2v) is 8.37. The van der Waals surface area contributed by atoms with Crippen LogP contribution < -0.4 is 0 Å². The number of hydrogen-bond donors (Lipinski definition) is 0. The highest BCUT2D eigenvalue weighted by Gasteiger charge is 2.12. The van der Waals surface area contributed by atoms with Crippen molar-refractivity contribution in [1.29, 1.82) is 0 Å². The fourth-order valence-electron chi connectivity index (χ4n) is 0.705. The van der Waals surface area contributed by atoms with Crippen molar-refractivity contribution in [2.45, 2.75) is 43.6 Å². The fraction of sp³-hybridized carbons (Fsp3) is 1.00. The number of thioether (sulfide) groups is 3. The van der Waals surface area contributed by atoms with Crippen LogP contribution in [0.3, 0.4) is 0 Å². The number of rotatable bonds is 0. The molecule has 3 aliphatic rings. The third kappa shape index (κ3) is 9.08. The Morgan fingerprint density at radius 2 is 1.27 bits per heavy atom. The highest BCUT2D eigenvalue weighted by molar-refractivity contribution is 8.02. The summed E-state index contributed by atoms with van der Waals surface area (Å²) in [5.74, 6) is 5.51. The molecule has 0 bridgehead atoms. The Bertz CT molecular complexity index is 116. The lowest BCUT2D eigenvalue weighted by atomic mass is 10.3. The Kier molecular flexibility index (Phi) is 11.4. The van der Waals surface area contributed by atoms with Gasteiger partial charge >= 0.3 is 0 Å². The van der Waals surface area contributed by atoms with E-state index >= 15 is 0 Å². The van der Waals surface area contributed by atoms with Gasteiger partial charge in [-0.15, -0.1) is 23.4 Å². The predicted octanol–water partition coefficient (Wildman–Crippen LogP) is 4.96. The average Bonchev–Trinajstić information content (AvgIpc) is 1.95. The van der Waals surface area contributed by atoms with Gasteiger partial charge in [0.25, 0.3) is 0 Å². The van der Waals surface area contributed by atoms with Crippen molar-refractivity contribution < 1.29 is 0 Å². The lowest BCUT2D eigenvalue weighted by Crippen LogP contribution is -2.09. The van der Waals surface area contributed by atoms with Crippen molar-refractivity contribution in [1.82, 2.24) is 0 Å². The highest BCUT2D eigenvalue weighted by Crippen LogP contribution is 2.30. The first-order chi connectivity index (χ1) is 6.79. The van der Waals surface area contributed by atoms with Crippen LogP contribution in [-0.4, -0.2) is 33.0 Å². The number of alkyl halides is 1. The first-order valence-electron chi connectivity index (χ1n) is 5.24. The van der Waals surface area contributed by atoms with Gasteiger partial charge in [0.1, 0.15) is 0 Å². The minimum Gasteiger partial charge on any atom is -0.162 e. The molecule has 0 saturated carbocycles. The molecular weight excluding hydrogens is 264 g/mol. The second kappa shape index (κ2) is 10.5. The Balaban J connectivity index is 0.000000191. The first-order valence-corrected chi connectivity index (χ1v) is 8.93. The summed E-state index contributed by atoms with van der Waals surface area (Å²) in [7, 11) is 0. The molecule has 2 unspecified atom stereocenters. The molecule has 0 N–H and O–H groups in total. The Morgan fingerprint density at radius 3 is 1.27 bits per heavy atom. The molecule has 2 atom stereocenters. The number of halogens is 1. The lowest BCUT2D eigenvalue weighted by molar-refractivity contribution is 0.861. The van der Waals surface area contributed by atoms with Gasteiger partial charge in [0.05, 0.1) is 4.71 Å². The van der Waals surface area contributed by atoms with Crippen LogP contribution in [-0.2, 0) is 0 Å². The SMILES string of the molecule is C.C1CSC1.CC1CCS1.ClC1CCS1. The molecule has 0 aromatic heterocycles. The standard InChI is InChI=1S/C4H8S.C3H5ClS.C3H6S.CH4/c1-4-2-3-5-4;4-3-1-2-5-3;1-2-4-3-1;/h4H,2-3H2,1H3;3H,1-2H2;1-3H2;1H4. The molecule has 3 heterocycles. The van der Waals surface area contributed by atoms with Crippen molar-refractivity contribution in [3.63, 3.8) is 0 Å². The Morgan fingerprint density at radius 1 is 1.00 bits per heavy atom. The van der Waals surface area contributed by atoms with E-state index in [-0.39, 0.29) is 7.43 Å². The molecule has 4 heteroatoms. The van der Waals surface area contributed by atoms with E-state index in [0.29, 0.717) is 4.71 Å². The monoisotopic (exact) mass is 286 g/mol. The first kappa shape index (κ1) is 16.3. The minimum atomic E-state index is 0. The molecule has 0 aromatic carbocycles. The third-order valence-electron chi connectivity index (χ3n) is 2.15. The molecule has 15 heavy (non-hydrogen) atoms. The summed E-state index contributed by atoms with van der Waals surface area (Å²) in [4.78, 5) is 0. The Labute approximate surface area is 113 Å². The third-order valence-corrected chi connectivity index (χ3v) is 6.24. The van der Waals surface area contributed by atoms with Gasteiger partial charge in [-0.25, -0.2) is 0 Å². The van der Waals surface area contributed by atoms with Crippen LogP contribution in [0, 0.1) is 0 Å². The van der Waals surface area contributed by atoms with E-state index in [9.17, 15) is 0 Å². The molecule has 92 valence electrons. The zero-order chi connectivity index (χ0) is 10.2. The van der Waals surface area contributed by atoms with Crippen LogP contribution >= 0.6 is 46.9 Å². The molecule has 0 radical (unpaired) electrons. The summed E-state index contributed by atoms with van der Waals surface area (Å²) in [5, 5.41) is 0.981. The van der Waals surface area contributed by atoms with Gasteiger partial charge in [-0.1, -0.05) is 14.4 Å². The van der Waals surface area contributed by atoms with Gasteiger partial charge in [0.2, 0.25) is 0 Å².